The Labute approximate surface area is 158 Å². The number of carbonyl (C=O) groups is 1. The summed E-state index contributed by atoms with van der Waals surface area (Å²) < 4.78 is 0. The molecular weight excluding hydrogens is 332 g/mol. The van der Waals surface area contributed by atoms with Crippen molar-refractivity contribution >= 4 is 34.6 Å². The van der Waals surface area contributed by atoms with Gasteiger partial charge < -0.3 is 5.32 Å². The van der Waals surface area contributed by atoms with Gasteiger partial charge in [0.25, 0.3) is 5.91 Å². The molecule has 3 nitrogen and oxygen atoms in total. The van der Waals surface area contributed by atoms with Gasteiger partial charge in [0, 0.05) is 11.1 Å². The van der Waals surface area contributed by atoms with Crippen molar-refractivity contribution in [3.05, 3.63) is 108 Å². The number of fused-ring (bicyclic) bond motifs is 1. The van der Waals surface area contributed by atoms with E-state index in [0.717, 1.165) is 22.2 Å². The van der Waals surface area contributed by atoms with E-state index in [0.29, 0.717) is 11.3 Å². The van der Waals surface area contributed by atoms with Crippen molar-refractivity contribution in [2.45, 2.75) is 0 Å². The Balaban J connectivity index is 1.75. The molecule has 27 heavy (non-hydrogen) atoms. The van der Waals surface area contributed by atoms with Gasteiger partial charge in [0.15, 0.2) is 0 Å². The van der Waals surface area contributed by atoms with Gasteiger partial charge in [0.2, 0.25) is 0 Å². The molecule has 0 saturated heterocycles. The Bertz CT molecular complexity index is 1100. The third-order valence-electron chi connectivity index (χ3n) is 4.26. The van der Waals surface area contributed by atoms with E-state index < -0.39 is 0 Å². The summed E-state index contributed by atoms with van der Waals surface area (Å²) in [6.45, 7) is 0. The SMILES string of the molecule is O=C(Nc1ccccc1)c1cc2ccccc2nc1C=Cc1ccccc1. The Kier molecular flexibility index (Phi) is 4.75. The maximum Gasteiger partial charge on any atom is 0.257 e. The third kappa shape index (κ3) is 3.93. The van der Waals surface area contributed by atoms with Crippen LogP contribution in [0.3, 0.4) is 0 Å². The van der Waals surface area contributed by atoms with Gasteiger partial charge in [0.1, 0.15) is 0 Å². The average molecular weight is 350 g/mol. The van der Waals surface area contributed by atoms with E-state index in [9.17, 15) is 4.79 Å². The Morgan fingerprint density at radius 3 is 2.22 bits per heavy atom. The lowest BCUT2D eigenvalue weighted by molar-refractivity contribution is 0.102. The molecule has 4 rings (SSSR count). The number of para-hydroxylation sites is 2. The second kappa shape index (κ2) is 7.67. The van der Waals surface area contributed by atoms with Gasteiger partial charge in [-0.25, -0.2) is 4.98 Å². The van der Waals surface area contributed by atoms with E-state index in [1.807, 2.05) is 103 Å². The molecule has 0 aliphatic rings. The highest BCUT2D eigenvalue weighted by atomic mass is 16.1. The number of nitrogens with zero attached hydrogens (tertiary/aromatic N) is 1. The zero-order valence-corrected chi connectivity index (χ0v) is 14.7. The van der Waals surface area contributed by atoms with Crippen molar-refractivity contribution in [1.29, 1.82) is 0 Å². The summed E-state index contributed by atoms with van der Waals surface area (Å²) in [6.07, 6.45) is 3.86. The van der Waals surface area contributed by atoms with Crippen molar-refractivity contribution in [2.75, 3.05) is 5.32 Å². The number of benzene rings is 3. The molecule has 0 bridgehead atoms. The van der Waals surface area contributed by atoms with Gasteiger partial charge in [-0.3, -0.25) is 4.79 Å². The molecule has 4 aromatic rings. The van der Waals surface area contributed by atoms with E-state index in [4.69, 9.17) is 4.98 Å². The largest absolute Gasteiger partial charge is 0.322 e. The first kappa shape index (κ1) is 16.7. The summed E-state index contributed by atoms with van der Waals surface area (Å²) in [5.74, 6) is -0.174. The van der Waals surface area contributed by atoms with Gasteiger partial charge in [-0.15, -0.1) is 0 Å². The highest BCUT2D eigenvalue weighted by molar-refractivity contribution is 6.08. The fourth-order valence-corrected chi connectivity index (χ4v) is 2.90. The van der Waals surface area contributed by atoms with Crippen LogP contribution in [0.5, 0.6) is 0 Å². The number of aromatic nitrogens is 1. The minimum absolute atomic E-state index is 0.174. The van der Waals surface area contributed by atoms with E-state index in [-0.39, 0.29) is 5.91 Å². The van der Waals surface area contributed by atoms with Crippen LogP contribution in [0.4, 0.5) is 5.69 Å². The smallest absolute Gasteiger partial charge is 0.257 e. The van der Waals surface area contributed by atoms with Gasteiger partial charge in [-0.05, 0) is 35.9 Å². The fourth-order valence-electron chi connectivity index (χ4n) is 2.90. The molecule has 0 atom stereocenters. The standard InChI is InChI=1S/C24H18N2O/c27-24(25-20-12-5-2-6-13-20)21-17-19-11-7-8-14-22(19)26-23(21)16-15-18-9-3-1-4-10-18/h1-17H,(H,25,27). The van der Waals surface area contributed by atoms with Crippen LogP contribution in [-0.2, 0) is 0 Å². The highest BCUT2D eigenvalue weighted by Gasteiger charge is 2.13. The molecule has 0 saturated carbocycles. The van der Waals surface area contributed by atoms with Gasteiger partial charge in [0.05, 0.1) is 16.8 Å². The monoisotopic (exact) mass is 350 g/mol. The molecule has 1 heterocycles. The first-order valence-electron chi connectivity index (χ1n) is 8.79. The van der Waals surface area contributed by atoms with Crippen LogP contribution >= 0.6 is 0 Å². The summed E-state index contributed by atoms with van der Waals surface area (Å²) in [5, 5.41) is 3.89. The maximum atomic E-state index is 12.9. The Morgan fingerprint density at radius 2 is 1.44 bits per heavy atom. The first-order chi connectivity index (χ1) is 13.3. The van der Waals surface area contributed by atoms with Crippen molar-refractivity contribution in [1.82, 2.24) is 4.98 Å². The molecule has 130 valence electrons. The summed E-state index contributed by atoms with van der Waals surface area (Å²) in [7, 11) is 0. The quantitative estimate of drug-likeness (QED) is 0.516. The molecule has 1 N–H and O–H groups in total. The van der Waals surface area contributed by atoms with Crippen LogP contribution in [0.25, 0.3) is 23.1 Å². The number of nitrogens with one attached hydrogen (secondary N) is 1. The number of carbonyl (C=O) groups excluding carboxylic acids is 1. The predicted octanol–water partition coefficient (Wildman–Crippen LogP) is 5.66. The molecule has 0 fully saturated rings. The zero-order chi connectivity index (χ0) is 18.5. The van der Waals surface area contributed by atoms with Crippen LogP contribution < -0.4 is 5.32 Å². The zero-order valence-electron chi connectivity index (χ0n) is 14.7. The minimum Gasteiger partial charge on any atom is -0.322 e. The van der Waals surface area contributed by atoms with Crippen LogP contribution in [0.1, 0.15) is 21.6 Å². The molecular formula is C24H18N2O. The van der Waals surface area contributed by atoms with E-state index in [1.165, 1.54) is 0 Å². The van der Waals surface area contributed by atoms with E-state index >= 15 is 0 Å². The predicted molar refractivity (Wildman–Crippen MR) is 112 cm³/mol. The lowest BCUT2D eigenvalue weighted by Gasteiger charge is -2.09. The van der Waals surface area contributed by atoms with Crippen LogP contribution in [0.15, 0.2) is 91.0 Å². The number of amides is 1. The topological polar surface area (TPSA) is 42.0 Å². The molecule has 0 unspecified atom stereocenters. The molecule has 0 radical (unpaired) electrons. The fraction of sp³-hybridized carbons (Fsp3) is 0. The summed E-state index contributed by atoms with van der Waals surface area (Å²) in [6, 6.07) is 29.1. The van der Waals surface area contributed by atoms with Crippen LogP contribution in [0, 0.1) is 0 Å². The summed E-state index contributed by atoms with van der Waals surface area (Å²) in [5.41, 5.74) is 3.87. The molecule has 0 aliphatic heterocycles. The maximum absolute atomic E-state index is 12.9. The molecule has 3 heteroatoms. The molecule has 1 aromatic heterocycles. The van der Waals surface area contributed by atoms with Gasteiger partial charge in [-0.1, -0.05) is 72.8 Å². The number of hydrogen-bond donors (Lipinski definition) is 1. The van der Waals surface area contributed by atoms with Crippen molar-refractivity contribution < 1.29 is 4.79 Å². The lowest BCUT2D eigenvalue weighted by atomic mass is 10.1. The Morgan fingerprint density at radius 1 is 0.778 bits per heavy atom. The van der Waals surface area contributed by atoms with Gasteiger partial charge in [-0.2, -0.15) is 0 Å². The van der Waals surface area contributed by atoms with Gasteiger partial charge >= 0.3 is 0 Å². The van der Waals surface area contributed by atoms with Crippen LogP contribution in [0.2, 0.25) is 0 Å². The Hall–Kier alpha value is -3.72. The van der Waals surface area contributed by atoms with E-state index in [2.05, 4.69) is 5.32 Å². The average Bonchev–Trinajstić information content (AvgIpc) is 2.73. The minimum atomic E-state index is -0.174. The molecule has 3 aromatic carbocycles. The number of anilines is 1. The number of rotatable bonds is 4. The summed E-state index contributed by atoms with van der Waals surface area (Å²) in [4.78, 5) is 17.6. The number of pyridine rings is 1. The van der Waals surface area contributed by atoms with Crippen molar-refractivity contribution in [3.8, 4) is 0 Å². The first-order valence-corrected chi connectivity index (χ1v) is 8.79. The lowest BCUT2D eigenvalue weighted by Crippen LogP contribution is -2.14. The normalized spacial score (nSPS) is 11.0. The number of hydrogen-bond acceptors (Lipinski definition) is 2. The summed E-state index contributed by atoms with van der Waals surface area (Å²) >= 11 is 0. The van der Waals surface area contributed by atoms with Crippen LogP contribution in [-0.4, -0.2) is 10.9 Å². The van der Waals surface area contributed by atoms with E-state index in [1.54, 1.807) is 0 Å². The molecule has 1 amide bonds. The third-order valence-corrected chi connectivity index (χ3v) is 4.26. The molecule has 0 aliphatic carbocycles. The second-order valence-corrected chi connectivity index (χ2v) is 6.18. The highest BCUT2D eigenvalue weighted by Crippen LogP contribution is 2.20. The van der Waals surface area contributed by atoms with Crippen molar-refractivity contribution in [3.63, 3.8) is 0 Å². The second-order valence-electron chi connectivity index (χ2n) is 6.18. The molecule has 0 spiro atoms. The van der Waals surface area contributed by atoms with Crippen molar-refractivity contribution in [2.24, 2.45) is 0 Å².